The minimum Gasteiger partial charge on any atom is -0.457 e. The van der Waals surface area contributed by atoms with Crippen LogP contribution in [0, 0.1) is 0 Å². The van der Waals surface area contributed by atoms with Crippen molar-refractivity contribution in [3.63, 3.8) is 0 Å². The molecule has 2 aromatic rings. The number of hydrogen-bond donors (Lipinski definition) is 1. The van der Waals surface area contributed by atoms with Crippen LogP contribution in [0.4, 0.5) is 5.69 Å². The molecule has 0 radical (unpaired) electrons. The van der Waals surface area contributed by atoms with Crippen LogP contribution in [0.25, 0.3) is 0 Å². The number of carbonyl (C=O) groups excluding carboxylic acids is 1. The van der Waals surface area contributed by atoms with Crippen LogP contribution >= 0.6 is 0 Å². The Morgan fingerprint density at radius 1 is 0.935 bits per heavy atom. The molecule has 0 spiro atoms. The molecule has 6 nitrogen and oxygen atoms in total. The highest BCUT2D eigenvalue weighted by atomic mass is 32.2. The third-order valence-electron chi connectivity index (χ3n) is 5.61. The lowest BCUT2D eigenvalue weighted by Gasteiger charge is -2.30. The van der Waals surface area contributed by atoms with Crippen LogP contribution in [0.1, 0.15) is 51.9 Å². The maximum Gasteiger partial charge on any atom is 0.243 e. The average molecular weight is 445 g/mol. The van der Waals surface area contributed by atoms with Crippen LogP contribution in [-0.4, -0.2) is 32.7 Å². The van der Waals surface area contributed by atoms with Gasteiger partial charge < -0.3 is 10.1 Å². The predicted molar refractivity (Wildman–Crippen MR) is 124 cm³/mol. The standard InChI is InChI=1S/C24H32N2O4S/c1-19(24(27)25-20-11-7-4-3-5-8-12-20)26(31(2,28)29)21-15-17-23(18-16-21)30-22-13-9-6-10-14-22/h6,9-10,13-20H,3-5,7-8,11-12H2,1-2H3,(H,25,27)/t19-/m0/s1. The van der Waals surface area contributed by atoms with E-state index in [0.29, 0.717) is 17.2 Å². The second kappa shape index (κ2) is 10.7. The fourth-order valence-corrected chi connectivity index (χ4v) is 5.19. The number of hydrogen-bond acceptors (Lipinski definition) is 4. The maximum absolute atomic E-state index is 12.9. The van der Waals surface area contributed by atoms with Gasteiger partial charge in [-0.1, -0.05) is 50.3 Å². The molecule has 0 saturated heterocycles. The summed E-state index contributed by atoms with van der Waals surface area (Å²) in [6, 6.07) is 15.4. The molecule has 0 aliphatic heterocycles. The molecular formula is C24H32N2O4S. The quantitative estimate of drug-likeness (QED) is 0.662. The molecule has 31 heavy (non-hydrogen) atoms. The smallest absolute Gasteiger partial charge is 0.243 e. The number of ether oxygens (including phenoxy) is 1. The van der Waals surface area contributed by atoms with E-state index in [-0.39, 0.29) is 11.9 Å². The van der Waals surface area contributed by atoms with Crippen LogP contribution < -0.4 is 14.4 Å². The first-order valence-corrected chi connectivity index (χ1v) is 12.8. The van der Waals surface area contributed by atoms with Crippen molar-refractivity contribution in [1.29, 1.82) is 0 Å². The van der Waals surface area contributed by atoms with E-state index in [4.69, 9.17) is 4.74 Å². The predicted octanol–water partition coefficient (Wildman–Crippen LogP) is 4.86. The number of sulfonamides is 1. The first-order chi connectivity index (χ1) is 14.8. The molecule has 1 saturated carbocycles. The molecule has 0 bridgehead atoms. The lowest BCUT2D eigenvalue weighted by molar-refractivity contribution is -0.122. The molecule has 1 N–H and O–H groups in total. The number of amides is 1. The van der Waals surface area contributed by atoms with E-state index in [0.717, 1.165) is 31.9 Å². The largest absolute Gasteiger partial charge is 0.457 e. The van der Waals surface area contributed by atoms with Crippen LogP contribution in [0.3, 0.4) is 0 Å². The van der Waals surface area contributed by atoms with Gasteiger partial charge in [-0.2, -0.15) is 0 Å². The Bertz CT molecular complexity index is 937. The first kappa shape index (κ1) is 23.1. The molecule has 1 aliphatic rings. The molecule has 1 atom stereocenters. The number of benzene rings is 2. The van der Waals surface area contributed by atoms with E-state index < -0.39 is 16.1 Å². The lowest BCUT2D eigenvalue weighted by Crippen LogP contribution is -2.50. The Morgan fingerprint density at radius 2 is 1.48 bits per heavy atom. The molecule has 2 aromatic carbocycles. The summed E-state index contributed by atoms with van der Waals surface area (Å²) < 4.78 is 32.1. The van der Waals surface area contributed by atoms with Crippen molar-refractivity contribution in [2.75, 3.05) is 10.6 Å². The summed E-state index contributed by atoms with van der Waals surface area (Å²) in [5, 5.41) is 3.08. The Balaban J connectivity index is 1.72. The van der Waals surface area contributed by atoms with Crippen molar-refractivity contribution in [2.24, 2.45) is 0 Å². The second-order valence-corrected chi connectivity index (χ2v) is 10.1. The van der Waals surface area contributed by atoms with Gasteiger partial charge in [0.05, 0.1) is 11.9 Å². The monoisotopic (exact) mass is 444 g/mol. The summed E-state index contributed by atoms with van der Waals surface area (Å²) in [7, 11) is -3.66. The summed E-state index contributed by atoms with van der Waals surface area (Å²) in [6.45, 7) is 1.63. The van der Waals surface area contributed by atoms with Gasteiger partial charge in [-0.3, -0.25) is 9.10 Å². The van der Waals surface area contributed by atoms with E-state index in [2.05, 4.69) is 5.32 Å². The molecule has 168 valence electrons. The summed E-state index contributed by atoms with van der Waals surface area (Å²) in [4.78, 5) is 12.9. The first-order valence-electron chi connectivity index (χ1n) is 11.0. The van der Waals surface area contributed by atoms with Crippen molar-refractivity contribution >= 4 is 21.6 Å². The zero-order valence-electron chi connectivity index (χ0n) is 18.3. The van der Waals surface area contributed by atoms with Crippen molar-refractivity contribution in [3.8, 4) is 11.5 Å². The molecule has 0 unspecified atom stereocenters. The number of nitrogens with one attached hydrogen (secondary N) is 1. The van der Waals surface area contributed by atoms with Crippen LogP contribution in [-0.2, 0) is 14.8 Å². The van der Waals surface area contributed by atoms with Gasteiger partial charge in [-0.15, -0.1) is 0 Å². The fraction of sp³-hybridized carbons (Fsp3) is 0.458. The number of para-hydroxylation sites is 1. The van der Waals surface area contributed by atoms with Gasteiger partial charge in [0.2, 0.25) is 15.9 Å². The van der Waals surface area contributed by atoms with Gasteiger partial charge in [-0.25, -0.2) is 8.42 Å². The Hall–Kier alpha value is -2.54. The minimum absolute atomic E-state index is 0.110. The zero-order chi connectivity index (χ0) is 22.3. The van der Waals surface area contributed by atoms with E-state index in [1.807, 2.05) is 30.3 Å². The molecule has 3 rings (SSSR count). The van der Waals surface area contributed by atoms with Crippen molar-refractivity contribution in [3.05, 3.63) is 54.6 Å². The molecule has 1 fully saturated rings. The third-order valence-corrected chi connectivity index (χ3v) is 6.85. The van der Waals surface area contributed by atoms with Crippen LogP contribution in [0.2, 0.25) is 0 Å². The molecule has 0 aromatic heterocycles. The minimum atomic E-state index is -3.66. The summed E-state index contributed by atoms with van der Waals surface area (Å²) in [5.41, 5.74) is 0.434. The zero-order valence-corrected chi connectivity index (χ0v) is 19.1. The molecular weight excluding hydrogens is 412 g/mol. The molecule has 1 aliphatic carbocycles. The number of carbonyl (C=O) groups is 1. The molecule has 0 heterocycles. The second-order valence-electron chi connectivity index (χ2n) is 8.19. The van der Waals surface area contributed by atoms with Gasteiger partial charge >= 0.3 is 0 Å². The Morgan fingerprint density at radius 3 is 2.06 bits per heavy atom. The van der Waals surface area contributed by atoms with Crippen molar-refractivity contribution in [2.45, 2.75) is 64.0 Å². The summed E-state index contributed by atoms with van der Waals surface area (Å²) >= 11 is 0. The highest BCUT2D eigenvalue weighted by Gasteiger charge is 2.30. The maximum atomic E-state index is 12.9. The van der Waals surface area contributed by atoms with Gasteiger partial charge in [0.15, 0.2) is 0 Å². The van der Waals surface area contributed by atoms with Crippen LogP contribution in [0.15, 0.2) is 54.6 Å². The van der Waals surface area contributed by atoms with Crippen molar-refractivity contribution < 1.29 is 17.9 Å². The van der Waals surface area contributed by atoms with Crippen molar-refractivity contribution in [1.82, 2.24) is 5.32 Å². The van der Waals surface area contributed by atoms with Gasteiger partial charge in [-0.05, 0) is 56.2 Å². The van der Waals surface area contributed by atoms with E-state index in [1.165, 1.54) is 23.6 Å². The van der Waals surface area contributed by atoms with Gasteiger partial charge in [0.1, 0.15) is 17.5 Å². The van der Waals surface area contributed by atoms with E-state index >= 15 is 0 Å². The van der Waals surface area contributed by atoms with E-state index in [1.54, 1.807) is 31.2 Å². The van der Waals surface area contributed by atoms with Gasteiger partial charge in [0.25, 0.3) is 0 Å². The normalized spacial score (nSPS) is 16.6. The number of anilines is 1. The van der Waals surface area contributed by atoms with Crippen LogP contribution in [0.5, 0.6) is 11.5 Å². The SMILES string of the molecule is C[C@@H](C(=O)NC1CCCCCCC1)N(c1ccc(Oc2ccccc2)cc1)S(C)(=O)=O. The van der Waals surface area contributed by atoms with E-state index in [9.17, 15) is 13.2 Å². The third kappa shape index (κ3) is 6.72. The summed E-state index contributed by atoms with van der Waals surface area (Å²) in [6.07, 6.45) is 8.84. The topological polar surface area (TPSA) is 75.7 Å². The molecule has 1 amide bonds. The lowest BCUT2D eigenvalue weighted by atomic mass is 9.96. The highest BCUT2D eigenvalue weighted by Crippen LogP contribution is 2.27. The molecule has 7 heteroatoms. The van der Waals surface area contributed by atoms with Gasteiger partial charge in [0, 0.05) is 6.04 Å². The Labute approximate surface area is 185 Å². The number of nitrogens with zero attached hydrogens (tertiary/aromatic N) is 1. The Kier molecular flexibility index (Phi) is 7.96. The average Bonchev–Trinajstić information content (AvgIpc) is 2.71. The summed E-state index contributed by atoms with van der Waals surface area (Å²) in [5.74, 6) is 1.03. The highest BCUT2D eigenvalue weighted by molar-refractivity contribution is 7.92. The number of rotatable bonds is 7. The fourth-order valence-electron chi connectivity index (χ4n) is 4.02.